The molecule has 2 atom stereocenters. The van der Waals surface area contributed by atoms with Gasteiger partial charge in [-0.05, 0) is 23.5 Å². The number of ketones is 2. The molecule has 35 heavy (non-hydrogen) atoms. The normalized spacial score (nSPS) is 17.4. The molecule has 0 bridgehead atoms. The largest absolute Gasteiger partial charge is 0.461 e. The van der Waals surface area contributed by atoms with E-state index in [2.05, 4.69) is 48.1 Å². The van der Waals surface area contributed by atoms with Crippen LogP contribution in [0, 0.1) is 5.92 Å². The average Bonchev–Trinajstić information content (AvgIpc) is 2.67. The summed E-state index contributed by atoms with van der Waals surface area (Å²) in [7, 11) is -2.27. The third-order valence-corrected chi connectivity index (χ3v) is 12.4. The molecule has 0 aromatic carbocycles. The van der Waals surface area contributed by atoms with Gasteiger partial charge in [-0.1, -0.05) is 54.2 Å². The molecule has 0 amide bonds. The minimum absolute atomic E-state index is 0.0284. The van der Waals surface area contributed by atoms with Crippen molar-refractivity contribution < 1.29 is 37.8 Å². The standard InChI is InChI=1S/C26H42O8Si/c1-11-12-31-25(30)24(22(28)14-20-15-23(29)33-26(9,10)32-20)21(27)13-19(8)34-35(16(2)3,17(4)5)18(6)7/h11,15-19,24H,1,12-14H2,2-10H3/t19-,24?/m0/s1. The van der Waals surface area contributed by atoms with Crippen molar-refractivity contribution in [2.75, 3.05) is 6.61 Å². The fourth-order valence-electron chi connectivity index (χ4n) is 5.00. The minimum Gasteiger partial charge on any atom is -0.461 e. The molecular formula is C26H42O8Si. The number of cyclic esters (lactones) is 1. The van der Waals surface area contributed by atoms with E-state index in [1.54, 1.807) is 6.92 Å². The molecule has 9 heteroatoms. The number of hydrogen-bond donors (Lipinski definition) is 0. The zero-order valence-corrected chi connectivity index (χ0v) is 23.6. The van der Waals surface area contributed by atoms with Gasteiger partial charge in [0, 0.05) is 26.4 Å². The molecule has 0 radical (unpaired) electrons. The Labute approximate surface area is 210 Å². The van der Waals surface area contributed by atoms with Crippen LogP contribution < -0.4 is 0 Å². The first-order chi connectivity index (χ1) is 16.1. The first-order valence-corrected chi connectivity index (χ1v) is 14.3. The molecule has 0 spiro atoms. The highest BCUT2D eigenvalue weighted by Gasteiger charge is 2.47. The highest BCUT2D eigenvalue weighted by Crippen LogP contribution is 2.43. The molecule has 198 valence electrons. The molecule has 1 aliphatic heterocycles. The third kappa shape index (κ3) is 8.13. The maximum Gasteiger partial charge on any atom is 0.337 e. The molecule has 0 aliphatic carbocycles. The zero-order chi connectivity index (χ0) is 27.1. The van der Waals surface area contributed by atoms with Gasteiger partial charge >= 0.3 is 11.9 Å². The van der Waals surface area contributed by atoms with Crippen molar-refractivity contribution in [1.82, 2.24) is 0 Å². The van der Waals surface area contributed by atoms with Crippen LogP contribution in [0.25, 0.3) is 0 Å². The molecule has 1 heterocycles. The van der Waals surface area contributed by atoms with Crippen molar-refractivity contribution in [2.45, 2.75) is 104 Å². The Morgan fingerprint density at radius 1 is 1.00 bits per heavy atom. The smallest absolute Gasteiger partial charge is 0.337 e. The second-order valence-electron chi connectivity index (χ2n) is 10.4. The third-order valence-electron chi connectivity index (χ3n) is 6.17. The van der Waals surface area contributed by atoms with Gasteiger partial charge in [-0.3, -0.25) is 14.4 Å². The van der Waals surface area contributed by atoms with E-state index in [-0.39, 0.29) is 18.8 Å². The number of hydrogen-bond acceptors (Lipinski definition) is 8. The van der Waals surface area contributed by atoms with Gasteiger partial charge in [-0.2, -0.15) is 0 Å². The SMILES string of the molecule is C=CCOC(=O)C(C(=O)CC1=CC(=O)OC(C)(C)O1)C(=O)C[C@H](C)O[Si](C(C)C)(C(C)C)C(C)C. The van der Waals surface area contributed by atoms with Crippen LogP contribution in [-0.4, -0.2) is 50.3 Å². The van der Waals surface area contributed by atoms with E-state index in [0.29, 0.717) is 16.6 Å². The lowest BCUT2D eigenvalue weighted by Gasteiger charge is -2.44. The maximum atomic E-state index is 13.3. The summed E-state index contributed by atoms with van der Waals surface area (Å²) in [6, 6.07) is 0. The quantitative estimate of drug-likeness (QED) is 0.139. The van der Waals surface area contributed by atoms with E-state index in [4.69, 9.17) is 18.6 Å². The van der Waals surface area contributed by atoms with Gasteiger partial charge in [0.2, 0.25) is 14.1 Å². The van der Waals surface area contributed by atoms with Gasteiger partial charge in [0.15, 0.2) is 17.5 Å². The second kappa shape index (κ2) is 12.6. The number of allylic oxidation sites excluding steroid dienone is 1. The van der Waals surface area contributed by atoms with Gasteiger partial charge < -0.3 is 18.6 Å². The van der Waals surface area contributed by atoms with Crippen LogP contribution in [-0.2, 0) is 37.8 Å². The summed E-state index contributed by atoms with van der Waals surface area (Å²) in [6.45, 7) is 21.1. The summed E-state index contributed by atoms with van der Waals surface area (Å²) in [5, 5.41) is 0. The van der Waals surface area contributed by atoms with Crippen molar-refractivity contribution in [3.63, 3.8) is 0 Å². The van der Waals surface area contributed by atoms with Crippen molar-refractivity contribution in [1.29, 1.82) is 0 Å². The molecule has 0 aromatic rings. The predicted molar refractivity (Wildman–Crippen MR) is 135 cm³/mol. The molecule has 0 saturated heterocycles. The van der Waals surface area contributed by atoms with Crippen LogP contribution in [0.3, 0.4) is 0 Å². The summed E-state index contributed by atoms with van der Waals surface area (Å²) in [4.78, 5) is 50.9. The lowest BCUT2D eigenvalue weighted by molar-refractivity contribution is -0.205. The summed E-state index contributed by atoms with van der Waals surface area (Å²) in [6.07, 6.45) is 1.38. The van der Waals surface area contributed by atoms with E-state index in [1.165, 1.54) is 19.9 Å². The molecule has 0 aromatic heterocycles. The summed E-state index contributed by atoms with van der Waals surface area (Å²) in [5.74, 6) is -5.81. The molecular weight excluding hydrogens is 468 g/mol. The Morgan fingerprint density at radius 2 is 1.54 bits per heavy atom. The van der Waals surface area contributed by atoms with Crippen LogP contribution >= 0.6 is 0 Å². The van der Waals surface area contributed by atoms with Crippen molar-refractivity contribution in [3.8, 4) is 0 Å². The molecule has 0 fully saturated rings. The molecule has 0 N–H and O–H groups in total. The number of esters is 2. The van der Waals surface area contributed by atoms with Gasteiger partial charge in [0.05, 0.1) is 12.5 Å². The van der Waals surface area contributed by atoms with E-state index in [9.17, 15) is 19.2 Å². The topological polar surface area (TPSA) is 105 Å². The lowest BCUT2D eigenvalue weighted by Crippen LogP contribution is -2.50. The van der Waals surface area contributed by atoms with Gasteiger partial charge in [-0.15, -0.1) is 0 Å². The monoisotopic (exact) mass is 510 g/mol. The van der Waals surface area contributed by atoms with Crippen LogP contribution in [0.5, 0.6) is 0 Å². The Hall–Kier alpha value is -2.26. The van der Waals surface area contributed by atoms with Crippen molar-refractivity contribution in [3.05, 3.63) is 24.5 Å². The molecule has 1 aliphatic rings. The second-order valence-corrected chi connectivity index (χ2v) is 15.9. The lowest BCUT2D eigenvalue weighted by atomic mass is 9.92. The van der Waals surface area contributed by atoms with Gasteiger partial charge in [0.25, 0.3) is 0 Å². The number of Topliss-reactive ketones (excluding diaryl/α,β-unsaturated/α-hetero) is 2. The highest BCUT2D eigenvalue weighted by molar-refractivity contribution is 6.77. The van der Waals surface area contributed by atoms with Crippen LogP contribution in [0.4, 0.5) is 0 Å². The fourth-order valence-corrected chi connectivity index (χ4v) is 10.6. The van der Waals surface area contributed by atoms with Crippen LogP contribution in [0.1, 0.15) is 75.2 Å². The number of ether oxygens (including phenoxy) is 3. The summed E-state index contributed by atoms with van der Waals surface area (Å²) < 4.78 is 22.2. The van der Waals surface area contributed by atoms with E-state index < -0.39 is 56.1 Å². The maximum absolute atomic E-state index is 13.3. The molecule has 1 rings (SSSR count). The molecule has 8 nitrogen and oxygen atoms in total. The highest BCUT2D eigenvalue weighted by atomic mass is 28.4. The predicted octanol–water partition coefficient (Wildman–Crippen LogP) is 5.02. The molecule has 0 saturated carbocycles. The number of carbonyl (C=O) groups is 4. The zero-order valence-electron chi connectivity index (χ0n) is 22.6. The Bertz CT molecular complexity index is 819. The van der Waals surface area contributed by atoms with E-state index in [0.717, 1.165) is 6.08 Å². The molecule has 1 unspecified atom stereocenters. The fraction of sp³-hybridized carbons (Fsp3) is 0.692. The number of rotatable bonds is 14. The first kappa shape index (κ1) is 30.8. The number of carbonyl (C=O) groups excluding carboxylic acids is 4. The van der Waals surface area contributed by atoms with Gasteiger partial charge in [0.1, 0.15) is 12.4 Å². The van der Waals surface area contributed by atoms with Crippen molar-refractivity contribution >= 4 is 31.8 Å². The Kier molecular flexibility index (Phi) is 11.1. The van der Waals surface area contributed by atoms with Crippen LogP contribution in [0.2, 0.25) is 16.6 Å². The Balaban J connectivity index is 3.13. The Morgan fingerprint density at radius 3 is 2.00 bits per heavy atom. The summed E-state index contributed by atoms with van der Waals surface area (Å²) >= 11 is 0. The summed E-state index contributed by atoms with van der Waals surface area (Å²) in [5.41, 5.74) is 0.940. The van der Waals surface area contributed by atoms with Crippen LogP contribution in [0.15, 0.2) is 24.5 Å². The van der Waals surface area contributed by atoms with Gasteiger partial charge in [-0.25, -0.2) is 4.79 Å². The first-order valence-electron chi connectivity index (χ1n) is 12.2. The van der Waals surface area contributed by atoms with Crippen molar-refractivity contribution in [2.24, 2.45) is 5.92 Å². The minimum atomic E-state index is -2.27. The average molecular weight is 511 g/mol. The van der Waals surface area contributed by atoms with E-state index in [1.807, 2.05) is 0 Å². The van der Waals surface area contributed by atoms with E-state index >= 15 is 0 Å².